The smallest absolute Gasteiger partial charge is 0.224 e. The van der Waals surface area contributed by atoms with Crippen molar-refractivity contribution >= 4 is 5.91 Å². The number of carbonyl (C=O) groups is 1. The van der Waals surface area contributed by atoms with Crippen LogP contribution in [0.2, 0.25) is 0 Å². The highest BCUT2D eigenvalue weighted by Gasteiger charge is 2.25. The minimum absolute atomic E-state index is 0.0601. The molecule has 1 saturated heterocycles. The molecule has 3 atom stereocenters. The van der Waals surface area contributed by atoms with Gasteiger partial charge in [-0.15, -0.1) is 0 Å². The molecule has 1 aliphatic rings. The van der Waals surface area contributed by atoms with Crippen LogP contribution in [0.25, 0.3) is 0 Å². The summed E-state index contributed by atoms with van der Waals surface area (Å²) in [7, 11) is 2.15. The Hall–Kier alpha value is -0.610. The van der Waals surface area contributed by atoms with Crippen LogP contribution in [0.3, 0.4) is 0 Å². The fraction of sp³-hybridized carbons (Fsp3) is 0.923. The summed E-state index contributed by atoms with van der Waals surface area (Å²) in [6.07, 6.45) is 2.14. The predicted molar refractivity (Wildman–Crippen MR) is 71.0 cm³/mol. The Balaban J connectivity index is 2.31. The first-order chi connectivity index (χ1) is 8.04. The van der Waals surface area contributed by atoms with Crippen LogP contribution in [0, 0.1) is 5.92 Å². The number of likely N-dealkylation sites (tertiary alicyclic amines) is 1. The Morgan fingerprint density at radius 1 is 1.53 bits per heavy atom. The molecule has 0 aromatic rings. The van der Waals surface area contributed by atoms with E-state index in [1.165, 1.54) is 0 Å². The lowest BCUT2D eigenvalue weighted by atomic mass is 9.98. The van der Waals surface area contributed by atoms with Gasteiger partial charge in [-0.2, -0.15) is 0 Å². The second-order valence-electron chi connectivity index (χ2n) is 5.27. The van der Waals surface area contributed by atoms with Crippen LogP contribution in [-0.2, 0) is 4.79 Å². The first-order valence-corrected chi connectivity index (χ1v) is 6.76. The fourth-order valence-corrected chi connectivity index (χ4v) is 2.22. The normalized spacial score (nSPS) is 27.8. The van der Waals surface area contributed by atoms with Crippen LogP contribution in [0.4, 0.5) is 0 Å². The molecule has 0 aromatic carbocycles. The van der Waals surface area contributed by atoms with E-state index < -0.39 is 0 Å². The molecule has 1 fully saturated rings. The van der Waals surface area contributed by atoms with Crippen LogP contribution >= 0.6 is 0 Å². The molecule has 4 nitrogen and oxygen atoms in total. The van der Waals surface area contributed by atoms with Gasteiger partial charge in [0.05, 0.1) is 0 Å². The van der Waals surface area contributed by atoms with Crippen molar-refractivity contribution in [3.63, 3.8) is 0 Å². The van der Waals surface area contributed by atoms with Crippen LogP contribution < -0.4 is 10.6 Å². The average Bonchev–Trinajstić information content (AvgIpc) is 2.30. The molecule has 100 valence electrons. The number of hydrogen-bond donors (Lipinski definition) is 2. The summed E-state index contributed by atoms with van der Waals surface area (Å²) in [4.78, 5) is 14.3. The van der Waals surface area contributed by atoms with Gasteiger partial charge in [-0.3, -0.25) is 4.79 Å². The highest BCUT2D eigenvalue weighted by atomic mass is 16.1. The van der Waals surface area contributed by atoms with E-state index in [-0.39, 0.29) is 11.8 Å². The lowest BCUT2D eigenvalue weighted by Crippen LogP contribution is -2.49. The molecule has 1 rings (SSSR count). The fourth-order valence-electron chi connectivity index (χ4n) is 2.22. The zero-order chi connectivity index (χ0) is 12.8. The Morgan fingerprint density at radius 3 is 2.82 bits per heavy atom. The van der Waals surface area contributed by atoms with Gasteiger partial charge < -0.3 is 15.5 Å². The van der Waals surface area contributed by atoms with Crippen LogP contribution in [0.15, 0.2) is 0 Å². The van der Waals surface area contributed by atoms with Crippen LogP contribution in [0.5, 0.6) is 0 Å². The number of carbonyl (C=O) groups excluding carboxylic acids is 1. The molecule has 3 unspecified atom stereocenters. The van der Waals surface area contributed by atoms with Crippen LogP contribution in [-0.4, -0.2) is 49.6 Å². The zero-order valence-corrected chi connectivity index (χ0v) is 11.6. The maximum absolute atomic E-state index is 11.9. The number of nitrogens with zero attached hydrogens (tertiary/aromatic N) is 1. The van der Waals surface area contributed by atoms with E-state index in [4.69, 9.17) is 0 Å². The quantitative estimate of drug-likeness (QED) is 0.749. The zero-order valence-electron chi connectivity index (χ0n) is 11.6. The Bertz CT molecular complexity index is 245. The van der Waals surface area contributed by atoms with Gasteiger partial charge in [0.1, 0.15) is 0 Å². The second-order valence-corrected chi connectivity index (χ2v) is 5.27. The molecule has 0 spiro atoms. The predicted octanol–water partition coefficient (Wildman–Crippen LogP) is 0.831. The van der Waals surface area contributed by atoms with Crippen molar-refractivity contribution in [3.8, 4) is 0 Å². The summed E-state index contributed by atoms with van der Waals surface area (Å²) < 4.78 is 0. The van der Waals surface area contributed by atoms with Crippen molar-refractivity contribution in [2.45, 2.75) is 45.7 Å². The lowest BCUT2D eigenvalue weighted by molar-refractivity contribution is -0.125. The number of nitrogens with one attached hydrogen (secondary N) is 2. The highest BCUT2D eigenvalue weighted by Crippen LogP contribution is 2.15. The number of amides is 1. The van der Waals surface area contributed by atoms with Crippen molar-refractivity contribution in [1.82, 2.24) is 15.5 Å². The first kappa shape index (κ1) is 14.5. The van der Waals surface area contributed by atoms with Crippen molar-refractivity contribution in [2.75, 3.05) is 26.7 Å². The van der Waals surface area contributed by atoms with E-state index in [2.05, 4.69) is 36.4 Å². The molecule has 4 heteroatoms. The molecule has 0 bridgehead atoms. The van der Waals surface area contributed by atoms with Gasteiger partial charge in [0.15, 0.2) is 0 Å². The van der Waals surface area contributed by atoms with E-state index in [9.17, 15) is 4.79 Å². The molecule has 2 N–H and O–H groups in total. The van der Waals surface area contributed by atoms with E-state index >= 15 is 0 Å². The van der Waals surface area contributed by atoms with Gasteiger partial charge in [0.2, 0.25) is 5.91 Å². The summed E-state index contributed by atoms with van der Waals surface area (Å²) in [6, 6.07) is 0.927. The van der Waals surface area contributed by atoms with Gasteiger partial charge in [0, 0.05) is 31.1 Å². The van der Waals surface area contributed by atoms with Crippen molar-refractivity contribution in [2.24, 2.45) is 5.92 Å². The maximum Gasteiger partial charge on any atom is 0.224 e. The summed E-state index contributed by atoms with van der Waals surface area (Å²) in [6.45, 7) is 9.03. The first-order valence-electron chi connectivity index (χ1n) is 6.76. The Labute approximate surface area is 105 Å². The summed E-state index contributed by atoms with van der Waals surface area (Å²) in [5, 5.41) is 6.39. The van der Waals surface area contributed by atoms with E-state index in [1.54, 1.807) is 0 Å². The van der Waals surface area contributed by atoms with Gasteiger partial charge in [-0.25, -0.2) is 0 Å². The largest absolute Gasteiger partial charge is 0.353 e. The number of rotatable bonds is 5. The van der Waals surface area contributed by atoms with Crippen LogP contribution in [0.1, 0.15) is 33.6 Å². The summed E-state index contributed by atoms with van der Waals surface area (Å²) >= 11 is 0. The number of hydrogen-bond acceptors (Lipinski definition) is 3. The third-order valence-electron chi connectivity index (χ3n) is 3.70. The minimum atomic E-state index is 0.0601. The molecule has 0 saturated carbocycles. The van der Waals surface area contributed by atoms with Crippen molar-refractivity contribution < 1.29 is 4.79 Å². The molecule has 17 heavy (non-hydrogen) atoms. The Morgan fingerprint density at radius 2 is 2.24 bits per heavy atom. The van der Waals surface area contributed by atoms with Crippen molar-refractivity contribution in [1.29, 1.82) is 0 Å². The standard InChI is InChI=1S/C13H27N3O/c1-5-14-9-10(2)13(17)15-12-6-7-16(4)11(3)8-12/h10-12,14H,5-9H2,1-4H3,(H,15,17). The second kappa shape index (κ2) is 6.97. The molecular weight excluding hydrogens is 214 g/mol. The van der Waals surface area contributed by atoms with Gasteiger partial charge in [-0.05, 0) is 33.4 Å². The van der Waals surface area contributed by atoms with E-state index in [0.29, 0.717) is 12.1 Å². The highest BCUT2D eigenvalue weighted by molar-refractivity contribution is 5.78. The van der Waals surface area contributed by atoms with Gasteiger partial charge in [-0.1, -0.05) is 13.8 Å². The van der Waals surface area contributed by atoms with Gasteiger partial charge >= 0.3 is 0 Å². The third-order valence-corrected chi connectivity index (χ3v) is 3.70. The summed E-state index contributed by atoms with van der Waals surface area (Å²) in [5.41, 5.74) is 0. The number of piperidine rings is 1. The maximum atomic E-state index is 11.9. The van der Waals surface area contributed by atoms with Crippen molar-refractivity contribution in [3.05, 3.63) is 0 Å². The summed E-state index contributed by atoms with van der Waals surface area (Å²) in [5.74, 6) is 0.248. The molecule has 0 aromatic heterocycles. The molecule has 1 heterocycles. The minimum Gasteiger partial charge on any atom is -0.353 e. The Kier molecular flexibility index (Phi) is 5.92. The SMILES string of the molecule is CCNCC(C)C(=O)NC1CCN(C)C(C)C1. The average molecular weight is 241 g/mol. The van der Waals surface area contributed by atoms with E-state index in [0.717, 1.165) is 32.5 Å². The molecular formula is C13H27N3O. The monoisotopic (exact) mass is 241 g/mol. The topological polar surface area (TPSA) is 44.4 Å². The lowest BCUT2D eigenvalue weighted by Gasteiger charge is -2.35. The van der Waals surface area contributed by atoms with E-state index in [1.807, 2.05) is 6.92 Å². The molecule has 1 amide bonds. The molecule has 0 radical (unpaired) electrons. The molecule has 0 aliphatic carbocycles. The third kappa shape index (κ3) is 4.64. The van der Waals surface area contributed by atoms with Gasteiger partial charge in [0.25, 0.3) is 0 Å². The molecule has 1 aliphatic heterocycles.